The molecule has 1 fully saturated rings. The van der Waals surface area contributed by atoms with Gasteiger partial charge in [0.1, 0.15) is 5.75 Å². The van der Waals surface area contributed by atoms with Crippen LogP contribution in [0.4, 0.5) is 5.69 Å². The molecule has 0 spiro atoms. The van der Waals surface area contributed by atoms with E-state index in [1.54, 1.807) is 6.07 Å². The van der Waals surface area contributed by atoms with Crippen molar-refractivity contribution < 1.29 is 9.63 Å². The number of aromatic hydroxyl groups is 1. The Morgan fingerprint density at radius 1 is 1.24 bits per heavy atom. The topological polar surface area (TPSA) is 90.0 Å². The van der Waals surface area contributed by atoms with E-state index in [4.69, 9.17) is 9.52 Å². The summed E-state index contributed by atoms with van der Waals surface area (Å²) in [6, 6.07) is 7.51. The smallest absolute Gasteiger partial charge is 0.226 e. The maximum Gasteiger partial charge on any atom is 0.226 e. The summed E-state index contributed by atoms with van der Waals surface area (Å²) < 4.78 is 5.30. The quantitative estimate of drug-likeness (QED) is 0.419. The van der Waals surface area contributed by atoms with E-state index in [0.717, 1.165) is 63.0 Å². The van der Waals surface area contributed by atoms with Crippen molar-refractivity contribution in [1.29, 1.82) is 0 Å². The van der Waals surface area contributed by atoms with E-state index in [9.17, 15) is 5.11 Å². The third-order valence-electron chi connectivity index (χ3n) is 4.95. The first-order chi connectivity index (χ1) is 14.1. The molecule has 1 aliphatic heterocycles. The summed E-state index contributed by atoms with van der Waals surface area (Å²) in [5, 5.41) is 17.5. The minimum atomic E-state index is 0.280. The highest BCUT2D eigenvalue weighted by Crippen LogP contribution is 2.27. The number of anilines is 1. The lowest BCUT2D eigenvalue weighted by Gasteiger charge is -2.37. The van der Waals surface area contributed by atoms with Gasteiger partial charge in [-0.3, -0.25) is 4.99 Å². The van der Waals surface area contributed by atoms with Crippen molar-refractivity contribution in [2.24, 2.45) is 4.99 Å². The van der Waals surface area contributed by atoms with Crippen molar-refractivity contribution in [3.8, 4) is 5.75 Å². The van der Waals surface area contributed by atoms with Crippen LogP contribution in [-0.2, 0) is 6.42 Å². The van der Waals surface area contributed by atoms with Crippen LogP contribution in [0.3, 0.4) is 0 Å². The molecule has 8 heteroatoms. The second kappa shape index (κ2) is 10.1. The molecule has 0 aliphatic carbocycles. The van der Waals surface area contributed by atoms with E-state index in [2.05, 4.69) is 46.0 Å². The number of phenols is 1. The molecule has 1 saturated heterocycles. The number of para-hydroxylation sites is 2. The first-order valence-corrected chi connectivity index (χ1v) is 10.5. The summed E-state index contributed by atoms with van der Waals surface area (Å²) >= 11 is 0. The maximum atomic E-state index is 10.1. The standard InChI is InChI=1S/C21H32N6O2/c1-4-22-21(23-11-7-10-19-24-20(16(2)3)25-29-19)27-14-12-26(13-15-27)17-8-5-6-9-18(17)28/h5-6,8-9,16,28H,4,7,10-15H2,1-3H3,(H,22,23). The second-order valence-electron chi connectivity index (χ2n) is 7.50. The lowest BCUT2D eigenvalue weighted by molar-refractivity contribution is 0.365. The molecule has 1 aromatic carbocycles. The lowest BCUT2D eigenvalue weighted by atomic mass is 10.2. The minimum Gasteiger partial charge on any atom is -0.506 e. The van der Waals surface area contributed by atoms with Crippen LogP contribution in [0.5, 0.6) is 5.75 Å². The maximum absolute atomic E-state index is 10.1. The molecule has 0 bridgehead atoms. The number of aryl methyl sites for hydroxylation is 1. The number of nitrogens with one attached hydrogen (secondary N) is 1. The Bertz CT molecular complexity index is 796. The van der Waals surface area contributed by atoms with E-state index in [-0.39, 0.29) is 5.92 Å². The zero-order chi connectivity index (χ0) is 20.6. The lowest BCUT2D eigenvalue weighted by Crippen LogP contribution is -2.52. The normalized spacial score (nSPS) is 15.2. The van der Waals surface area contributed by atoms with Gasteiger partial charge in [0.05, 0.1) is 5.69 Å². The van der Waals surface area contributed by atoms with Crippen LogP contribution in [0.25, 0.3) is 0 Å². The number of hydrogen-bond donors (Lipinski definition) is 2. The number of aromatic nitrogens is 2. The molecule has 1 aliphatic rings. The molecule has 158 valence electrons. The van der Waals surface area contributed by atoms with Gasteiger partial charge < -0.3 is 24.7 Å². The number of benzene rings is 1. The van der Waals surface area contributed by atoms with Crippen molar-refractivity contribution in [3.63, 3.8) is 0 Å². The van der Waals surface area contributed by atoms with Gasteiger partial charge >= 0.3 is 0 Å². The Labute approximate surface area is 172 Å². The van der Waals surface area contributed by atoms with Gasteiger partial charge in [0.25, 0.3) is 0 Å². The van der Waals surface area contributed by atoms with Crippen molar-refractivity contribution >= 4 is 11.6 Å². The Morgan fingerprint density at radius 2 is 2.00 bits per heavy atom. The van der Waals surface area contributed by atoms with E-state index in [0.29, 0.717) is 18.2 Å². The average Bonchev–Trinajstić information content (AvgIpc) is 3.20. The highest BCUT2D eigenvalue weighted by molar-refractivity contribution is 5.80. The monoisotopic (exact) mass is 400 g/mol. The summed E-state index contributed by atoms with van der Waals surface area (Å²) in [4.78, 5) is 13.7. The van der Waals surface area contributed by atoms with Crippen LogP contribution in [0.2, 0.25) is 0 Å². The van der Waals surface area contributed by atoms with Gasteiger partial charge in [-0.1, -0.05) is 31.1 Å². The van der Waals surface area contributed by atoms with Crippen LogP contribution in [0, 0.1) is 0 Å². The first kappa shape index (κ1) is 21.0. The number of phenolic OH excluding ortho intramolecular Hbond substituents is 1. The van der Waals surface area contributed by atoms with E-state index in [1.807, 2.05) is 18.2 Å². The highest BCUT2D eigenvalue weighted by atomic mass is 16.5. The molecular weight excluding hydrogens is 368 g/mol. The first-order valence-electron chi connectivity index (χ1n) is 10.5. The number of aliphatic imine (C=N–C) groups is 1. The zero-order valence-electron chi connectivity index (χ0n) is 17.6. The van der Waals surface area contributed by atoms with Crippen LogP contribution >= 0.6 is 0 Å². The fourth-order valence-corrected chi connectivity index (χ4v) is 3.34. The van der Waals surface area contributed by atoms with Gasteiger partial charge in [-0.05, 0) is 25.5 Å². The van der Waals surface area contributed by atoms with Crippen molar-refractivity contribution in [1.82, 2.24) is 20.4 Å². The van der Waals surface area contributed by atoms with Gasteiger partial charge in [-0.2, -0.15) is 4.98 Å². The summed E-state index contributed by atoms with van der Waals surface area (Å²) in [6.45, 7) is 11.2. The summed E-state index contributed by atoms with van der Waals surface area (Å²) in [5.41, 5.74) is 0.898. The third-order valence-corrected chi connectivity index (χ3v) is 4.95. The van der Waals surface area contributed by atoms with Gasteiger partial charge in [0.15, 0.2) is 11.8 Å². The van der Waals surface area contributed by atoms with Crippen LogP contribution in [0.1, 0.15) is 44.8 Å². The van der Waals surface area contributed by atoms with Crippen LogP contribution in [-0.4, -0.2) is 65.4 Å². The summed E-state index contributed by atoms with van der Waals surface area (Å²) in [5.74, 6) is 3.01. The van der Waals surface area contributed by atoms with Gasteiger partial charge in [0, 0.05) is 51.6 Å². The molecule has 2 N–H and O–H groups in total. The zero-order valence-corrected chi connectivity index (χ0v) is 17.6. The van der Waals surface area contributed by atoms with Crippen molar-refractivity contribution in [2.75, 3.05) is 44.2 Å². The predicted octanol–water partition coefficient (Wildman–Crippen LogP) is 2.62. The average molecular weight is 401 g/mol. The van der Waals surface area contributed by atoms with Gasteiger partial charge in [0.2, 0.25) is 5.89 Å². The molecule has 8 nitrogen and oxygen atoms in total. The number of guanidine groups is 1. The van der Waals surface area contributed by atoms with E-state index in [1.165, 1.54) is 0 Å². The number of rotatable bonds is 7. The number of piperazine rings is 1. The molecule has 3 rings (SSSR count). The van der Waals surface area contributed by atoms with Crippen LogP contribution in [0.15, 0.2) is 33.8 Å². The van der Waals surface area contributed by atoms with Crippen molar-refractivity contribution in [3.05, 3.63) is 36.0 Å². The fourth-order valence-electron chi connectivity index (χ4n) is 3.34. The largest absolute Gasteiger partial charge is 0.506 e. The predicted molar refractivity (Wildman–Crippen MR) is 115 cm³/mol. The van der Waals surface area contributed by atoms with E-state index >= 15 is 0 Å². The SMILES string of the molecule is CCNC(=NCCCc1nc(C(C)C)no1)N1CCN(c2ccccc2O)CC1. The Morgan fingerprint density at radius 3 is 2.66 bits per heavy atom. The molecule has 29 heavy (non-hydrogen) atoms. The highest BCUT2D eigenvalue weighted by Gasteiger charge is 2.21. The molecule has 0 amide bonds. The Hall–Kier alpha value is -2.77. The number of hydrogen-bond acceptors (Lipinski definition) is 6. The molecule has 0 radical (unpaired) electrons. The second-order valence-corrected chi connectivity index (χ2v) is 7.50. The molecule has 2 aromatic rings. The number of nitrogens with zero attached hydrogens (tertiary/aromatic N) is 5. The summed E-state index contributed by atoms with van der Waals surface area (Å²) in [6.07, 6.45) is 1.61. The van der Waals surface area contributed by atoms with E-state index < -0.39 is 0 Å². The molecular formula is C21H32N6O2. The molecule has 0 unspecified atom stereocenters. The minimum absolute atomic E-state index is 0.280. The third kappa shape index (κ3) is 5.62. The van der Waals surface area contributed by atoms with Gasteiger partial charge in [-0.25, -0.2) is 0 Å². The summed E-state index contributed by atoms with van der Waals surface area (Å²) in [7, 11) is 0. The molecule has 0 atom stereocenters. The van der Waals surface area contributed by atoms with Gasteiger partial charge in [-0.15, -0.1) is 0 Å². The molecule has 2 heterocycles. The fraction of sp³-hybridized carbons (Fsp3) is 0.571. The Balaban J connectivity index is 1.50. The Kier molecular flexibility index (Phi) is 7.32. The molecule has 0 saturated carbocycles. The van der Waals surface area contributed by atoms with Crippen molar-refractivity contribution in [2.45, 2.75) is 39.5 Å². The molecule has 1 aromatic heterocycles. The van der Waals surface area contributed by atoms with Crippen LogP contribution < -0.4 is 10.2 Å².